The van der Waals surface area contributed by atoms with Crippen molar-refractivity contribution in [2.75, 3.05) is 14.1 Å². The molecule has 10 heavy (non-hydrogen) atoms. The van der Waals surface area contributed by atoms with E-state index in [4.69, 9.17) is 5.11 Å². The van der Waals surface area contributed by atoms with Crippen molar-refractivity contribution >= 4 is 5.97 Å². The molecule has 1 N–H and O–H groups in total. The molecule has 0 spiro atoms. The van der Waals surface area contributed by atoms with Crippen molar-refractivity contribution in [3.05, 3.63) is 11.3 Å². The van der Waals surface area contributed by atoms with E-state index in [1.807, 2.05) is 14.1 Å². The zero-order chi connectivity index (χ0) is 8.31. The molecular weight excluding hydrogens is 130 g/mol. The van der Waals surface area contributed by atoms with Crippen molar-refractivity contribution in [3.8, 4) is 0 Å². The maximum Gasteiger partial charge on any atom is 0.333 e. The van der Waals surface area contributed by atoms with Crippen molar-refractivity contribution in [2.45, 2.75) is 13.8 Å². The van der Waals surface area contributed by atoms with Crippen LogP contribution in [0.4, 0.5) is 0 Å². The van der Waals surface area contributed by atoms with E-state index in [2.05, 4.69) is 0 Å². The molecule has 0 fully saturated rings. The predicted octanol–water partition coefficient (Wildman–Crippen LogP) is 0.926. The summed E-state index contributed by atoms with van der Waals surface area (Å²) in [5, 5.41) is 8.52. The molecule has 0 aromatic carbocycles. The summed E-state index contributed by atoms with van der Waals surface area (Å²) in [7, 11) is 3.64. The molecule has 3 nitrogen and oxygen atoms in total. The van der Waals surface area contributed by atoms with Crippen LogP contribution in [0.1, 0.15) is 13.8 Å². The van der Waals surface area contributed by atoms with Gasteiger partial charge in [-0.2, -0.15) is 0 Å². The second-order valence-corrected chi connectivity index (χ2v) is 2.41. The molecule has 0 heterocycles. The van der Waals surface area contributed by atoms with Gasteiger partial charge in [-0.25, -0.2) is 4.79 Å². The number of hydrogen-bond donors (Lipinski definition) is 1. The molecule has 0 unspecified atom stereocenters. The molecule has 0 aliphatic carbocycles. The second kappa shape index (κ2) is 3.25. The van der Waals surface area contributed by atoms with Gasteiger partial charge >= 0.3 is 5.97 Å². The molecule has 3 heteroatoms. The summed E-state index contributed by atoms with van der Waals surface area (Å²) >= 11 is 0. The van der Waals surface area contributed by atoms with Crippen LogP contribution in [-0.4, -0.2) is 30.1 Å². The third-order valence-electron chi connectivity index (χ3n) is 1.53. The number of carboxylic acid groups (broad SMARTS) is 1. The van der Waals surface area contributed by atoms with Crippen molar-refractivity contribution < 1.29 is 9.90 Å². The van der Waals surface area contributed by atoms with E-state index in [-0.39, 0.29) is 0 Å². The Labute approximate surface area is 61.0 Å². The lowest BCUT2D eigenvalue weighted by Gasteiger charge is -2.13. The van der Waals surface area contributed by atoms with Gasteiger partial charge in [0.1, 0.15) is 0 Å². The Balaban J connectivity index is 4.50. The van der Waals surface area contributed by atoms with Crippen LogP contribution in [-0.2, 0) is 4.79 Å². The van der Waals surface area contributed by atoms with E-state index in [1.54, 1.807) is 18.7 Å². The molecule has 58 valence electrons. The number of carbonyl (C=O) groups is 1. The third-order valence-corrected chi connectivity index (χ3v) is 1.53. The number of nitrogens with zero attached hydrogens (tertiary/aromatic N) is 1. The van der Waals surface area contributed by atoms with Crippen LogP contribution in [0.5, 0.6) is 0 Å². The first-order valence-corrected chi connectivity index (χ1v) is 3.05. The van der Waals surface area contributed by atoms with Crippen LogP contribution >= 0.6 is 0 Å². The maximum absolute atomic E-state index is 10.4. The lowest BCUT2D eigenvalue weighted by molar-refractivity contribution is -0.132. The molecule has 0 atom stereocenters. The van der Waals surface area contributed by atoms with Crippen molar-refractivity contribution in [1.29, 1.82) is 0 Å². The van der Waals surface area contributed by atoms with E-state index in [9.17, 15) is 4.79 Å². The Morgan fingerprint density at radius 3 is 1.80 bits per heavy atom. The van der Waals surface area contributed by atoms with Gasteiger partial charge in [0.25, 0.3) is 0 Å². The maximum atomic E-state index is 10.4. The van der Waals surface area contributed by atoms with Crippen molar-refractivity contribution in [1.82, 2.24) is 4.90 Å². The molecule has 0 aromatic rings. The Morgan fingerprint density at radius 1 is 1.30 bits per heavy atom. The van der Waals surface area contributed by atoms with Gasteiger partial charge in [-0.1, -0.05) is 0 Å². The van der Waals surface area contributed by atoms with Crippen LogP contribution in [0.2, 0.25) is 0 Å². The zero-order valence-corrected chi connectivity index (χ0v) is 6.80. The summed E-state index contributed by atoms with van der Waals surface area (Å²) in [6.07, 6.45) is 0. The minimum atomic E-state index is -0.855. The van der Waals surface area contributed by atoms with Crippen LogP contribution in [0, 0.1) is 0 Å². The topological polar surface area (TPSA) is 40.5 Å². The minimum Gasteiger partial charge on any atom is -0.478 e. The smallest absolute Gasteiger partial charge is 0.333 e. The van der Waals surface area contributed by atoms with E-state index in [0.29, 0.717) is 5.57 Å². The summed E-state index contributed by atoms with van der Waals surface area (Å²) in [4.78, 5) is 12.1. The number of rotatable bonds is 2. The Hall–Kier alpha value is -0.990. The Bertz CT molecular complexity index is 170. The first kappa shape index (κ1) is 9.01. The highest BCUT2D eigenvalue weighted by atomic mass is 16.4. The van der Waals surface area contributed by atoms with Crippen molar-refractivity contribution in [2.24, 2.45) is 0 Å². The molecule has 0 aliphatic rings. The summed E-state index contributed by atoms with van der Waals surface area (Å²) in [6.45, 7) is 3.38. The monoisotopic (exact) mass is 143 g/mol. The Morgan fingerprint density at radius 2 is 1.70 bits per heavy atom. The highest BCUT2D eigenvalue weighted by molar-refractivity contribution is 5.86. The first-order chi connectivity index (χ1) is 4.46. The molecule has 0 radical (unpaired) electrons. The van der Waals surface area contributed by atoms with Gasteiger partial charge in [0.05, 0.1) is 5.57 Å². The summed E-state index contributed by atoms with van der Waals surface area (Å²) < 4.78 is 0. The van der Waals surface area contributed by atoms with Crippen LogP contribution in [0.25, 0.3) is 0 Å². The van der Waals surface area contributed by atoms with E-state index in [1.165, 1.54) is 0 Å². The summed E-state index contributed by atoms with van der Waals surface area (Å²) in [6, 6.07) is 0. The number of allylic oxidation sites excluding steroid dienone is 1. The summed E-state index contributed by atoms with van der Waals surface area (Å²) in [5.74, 6) is -0.855. The molecule has 0 rings (SSSR count). The van der Waals surface area contributed by atoms with Crippen LogP contribution in [0.3, 0.4) is 0 Å². The van der Waals surface area contributed by atoms with Gasteiger partial charge < -0.3 is 10.0 Å². The van der Waals surface area contributed by atoms with Gasteiger partial charge in [-0.3, -0.25) is 0 Å². The van der Waals surface area contributed by atoms with Gasteiger partial charge in [0, 0.05) is 19.8 Å². The number of hydrogen-bond acceptors (Lipinski definition) is 2. The molecule has 0 saturated heterocycles. The van der Waals surface area contributed by atoms with Crippen LogP contribution in [0.15, 0.2) is 11.3 Å². The van der Waals surface area contributed by atoms with Gasteiger partial charge in [-0.15, -0.1) is 0 Å². The average Bonchev–Trinajstić information content (AvgIpc) is 1.84. The normalized spacial score (nSPS) is 12.4. The lowest BCUT2D eigenvalue weighted by Crippen LogP contribution is -2.13. The molecule has 0 bridgehead atoms. The van der Waals surface area contributed by atoms with Gasteiger partial charge in [-0.05, 0) is 13.8 Å². The van der Waals surface area contributed by atoms with Crippen molar-refractivity contribution in [3.63, 3.8) is 0 Å². The van der Waals surface area contributed by atoms with Gasteiger partial charge in [0.15, 0.2) is 0 Å². The average molecular weight is 143 g/mol. The van der Waals surface area contributed by atoms with E-state index >= 15 is 0 Å². The predicted molar refractivity (Wildman–Crippen MR) is 39.7 cm³/mol. The molecule has 0 amide bonds. The second-order valence-electron chi connectivity index (χ2n) is 2.41. The first-order valence-electron chi connectivity index (χ1n) is 3.05. The minimum absolute atomic E-state index is 0.394. The van der Waals surface area contributed by atoms with E-state index < -0.39 is 5.97 Å². The fraction of sp³-hybridized carbons (Fsp3) is 0.571. The fourth-order valence-electron chi connectivity index (χ4n) is 0.490. The molecule has 0 saturated carbocycles. The third kappa shape index (κ3) is 2.09. The van der Waals surface area contributed by atoms with Crippen LogP contribution < -0.4 is 0 Å². The Kier molecular flexibility index (Phi) is 2.93. The molecule has 0 aromatic heterocycles. The standard InChI is InChI=1S/C7H13NO2/c1-5(7(9)10)6(2)8(3)4/h1-4H3,(H,9,10)/b6-5-. The SMILES string of the molecule is C/C(C(=O)O)=C(\C)N(C)C. The summed E-state index contributed by atoms with van der Waals surface area (Å²) in [5.41, 5.74) is 1.18. The largest absolute Gasteiger partial charge is 0.478 e. The lowest BCUT2D eigenvalue weighted by atomic mass is 10.2. The van der Waals surface area contributed by atoms with E-state index in [0.717, 1.165) is 5.70 Å². The zero-order valence-electron chi connectivity index (χ0n) is 6.80. The highest BCUT2D eigenvalue weighted by Crippen LogP contribution is 2.04. The number of aliphatic carboxylic acids is 1. The molecular formula is C7H13NO2. The highest BCUT2D eigenvalue weighted by Gasteiger charge is 2.05. The van der Waals surface area contributed by atoms with Gasteiger partial charge in [0.2, 0.25) is 0 Å². The molecule has 0 aliphatic heterocycles. The quantitative estimate of drug-likeness (QED) is 0.584. The fourth-order valence-corrected chi connectivity index (χ4v) is 0.490. The number of carboxylic acids is 1.